The maximum Gasteiger partial charge on any atom is 0.390 e. The van der Waals surface area contributed by atoms with Gasteiger partial charge in [-0.15, -0.1) is 0 Å². The predicted octanol–water partition coefficient (Wildman–Crippen LogP) is 1.89. The minimum absolute atomic E-state index is 0.454. The van der Waals surface area contributed by atoms with Crippen LogP contribution in [0.3, 0.4) is 0 Å². The first kappa shape index (κ1) is 13.0. The molecular weight excluding hydrogens is 219 g/mol. The lowest BCUT2D eigenvalue weighted by atomic mass is 10.1. The highest BCUT2D eigenvalue weighted by Crippen LogP contribution is 2.23. The van der Waals surface area contributed by atoms with E-state index in [1.165, 1.54) is 0 Å². The van der Waals surface area contributed by atoms with Gasteiger partial charge in [-0.2, -0.15) is 18.3 Å². The van der Waals surface area contributed by atoms with E-state index in [4.69, 9.17) is 0 Å². The standard InChI is InChI=1S/C10H16F3N3/c1-14-8(7-10(11,12)13)3-4-9-5-6-15-16(9)2/h5-6,8,14H,3-4,7H2,1-2H3. The van der Waals surface area contributed by atoms with Crippen molar-refractivity contribution in [2.45, 2.75) is 31.5 Å². The fourth-order valence-corrected chi connectivity index (χ4v) is 1.60. The highest BCUT2D eigenvalue weighted by Gasteiger charge is 2.31. The van der Waals surface area contributed by atoms with Crippen LogP contribution in [0.5, 0.6) is 0 Å². The Labute approximate surface area is 92.6 Å². The second kappa shape index (κ2) is 5.34. The van der Waals surface area contributed by atoms with Gasteiger partial charge in [-0.3, -0.25) is 4.68 Å². The molecule has 0 aromatic carbocycles. The number of hydrogen-bond donors (Lipinski definition) is 1. The molecule has 0 aliphatic heterocycles. The van der Waals surface area contributed by atoms with Crippen molar-refractivity contribution < 1.29 is 13.2 Å². The zero-order valence-electron chi connectivity index (χ0n) is 9.38. The van der Waals surface area contributed by atoms with E-state index < -0.39 is 18.6 Å². The summed E-state index contributed by atoms with van der Waals surface area (Å²) in [4.78, 5) is 0. The molecule has 0 aliphatic carbocycles. The highest BCUT2D eigenvalue weighted by molar-refractivity contribution is 5.00. The molecule has 1 unspecified atom stereocenters. The van der Waals surface area contributed by atoms with Crippen LogP contribution in [0, 0.1) is 0 Å². The summed E-state index contributed by atoms with van der Waals surface area (Å²) < 4.78 is 38.2. The van der Waals surface area contributed by atoms with Crippen LogP contribution in [0.2, 0.25) is 0 Å². The molecule has 92 valence electrons. The molecule has 1 heterocycles. The first-order valence-corrected chi connectivity index (χ1v) is 5.13. The van der Waals surface area contributed by atoms with E-state index in [0.29, 0.717) is 12.8 Å². The van der Waals surface area contributed by atoms with E-state index in [1.54, 1.807) is 25.0 Å². The van der Waals surface area contributed by atoms with Crippen LogP contribution < -0.4 is 5.32 Å². The highest BCUT2D eigenvalue weighted by atomic mass is 19.4. The van der Waals surface area contributed by atoms with Gasteiger partial charge in [-0.05, 0) is 26.0 Å². The van der Waals surface area contributed by atoms with Gasteiger partial charge in [0.15, 0.2) is 0 Å². The molecular formula is C10H16F3N3. The minimum Gasteiger partial charge on any atom is -0.317 e. The largest absolute Gasteiger partial charge is 0.390 e. The molecule has 0 fully saturated rings. The topological polar surface area (TPSA) is 29.9 Å². The number of aromatic nitrogens is 2. The number of nitrogens with one attached hydrogen (secondary N) is 1. The molecule has 3 nitrogen and oxygen atoms in total. The maximum absolute atomic E-state index is 12.2. The minimum atomic E-state index is -4.11. The zero-order chi connectivity index (χ0) is 12.2. The number of halogens is 3. The molecule has 6 heteroatoms. The quantitative estimate of drug-likeness (QED) is 0.844. The number of rotatable bonds is 5. The van der Waals surface area contributed by atoms with Gasteiger partial charge in [-0.25, -0.2) is 0 Å². The first-order valence-electron chi connectivity index (χ1n) is 5.13. The van der Waals surface area contributed by atoms with Crippen molar-refractivity contribution in [2.75, 3.05) is 7.05 Å². The van der Waals surface area contributed by atoms with Crippen LogP contribution in [0.15, 0.2) is 12.3 Å². The monoisotopic (exact) mass is 235 g/mol. The lowest BCUT2D eigenvalue weighted by Gasteiger charge is -2.17. The SMILES string of the molecule is CNC(CCc1ccnn1C)CC(F)(F)F. The second-order valence-corrected chi connectivity index (χ2v) is 3.79. The van der Waals surface area contributed by atoms with E-state index in [2.05, 4.69) is 10.4 Å². The fraction of sp³-hybridized carbons (Fsp3) is 0.700. The molecule has 1 rings (SSSR count). The first-order chi connectivity index (χ1) is 7.42. The van der Waals surface area contributed by atoms with E-state index in [9.17, 15) is 13.2 Å². The van der Waals surface area contributed by atoms with Gasteiger partial charge in [0.05, 0.1) is 6.42 Å². The summed E-state index contributed by atoms with van der Waals surface area (Å²) in [5.41, 5.74) is 0.947. The third kappa shape index (κ3) is 4.22. The molecule has 0 saturated heterocycles. The van der Waals surface area contributed by atoms with Gasteiger partial charge in [0.25, 0.3) is 0 Å². The van der Waals surface area contributed by atoms with Gasteiger partial charge in [0.2, 0.25) is 0 Å². The molecule has 1 N–H and O–H groups in total. The molecule has 1 aromatic heterocycles. The smallest absolute Gasteiger partial charge is 0.317 e. The van der Waals surface area contributed by atoms with E-state index in [-0.39, 0.29) is 0 Å². The Morgan fingerprint density at radius 1 is 1.50 bits per heavy atom. The maximum atomic E-state index is 12.2. The Morgan fingerprint density at radius 3 is 2.62 bits per heavy atom. The average Bonchev–Trinajstić information content (AvgIpc) is 2.57. The van der Waals surface area contributed by atoms with Crippen LogP contribution >= 0.6 is 0 Å². The van der Waals surface area contributed by atoms with Gasteiger partial charge in [0, 0.05) is 25.0 Å². The molecule has 0 amide bonds. The molecule has 0 radical (unpaired) electrons. The molecule has 0 aliphatic rings. The van der Waals surface area contributed by atoms with Crippen LogP contribution in [0.1, 0.15) is 18.5 Å². The van der Waals surface area contributed by atoms with Crippen LogP contribution in [0.25, 0.3) is 0 Å². The summed E-state index contributed by atoms with van der Waals surface area (Å²) in [5.74, 6) is 0. The van der Waals surface area contributed by atoms with Crippen LogP contribution in [-0.4, -0.2) is 29.0 Å². The van der Waals surface area contributed by atoms with Crippen LogP contribution in [0.4, 0.5) is 13.2 Å². The third-order valence-corrected chi connectivity index (χ3v) is 2.56. The summed E-state index contributed by atoms with van der Waals surface area (Å²) in [6.07, 6.45) is -2.21. The summed E-state index contributed by atoms with van der Waals surface area (Å²) >= 11 is 0. The summed E-state index contributed by atoms with van der Waals surface area (Å²) in [7, 11) is 3.34. The van der Waals surface area contributed by atoms with E-state index in [1.807, 2.05) is 6.07 Å². The lowest BCUT2D eigenvalue weighted by Crippen LogP contribution is -2.31. The molecule has 0 spiro atoms. The van der Waals surface area contributed by atoms with Gasteiger partial charge >= 0.3 is 6.18 Å². The van der Waals surface area contributed by atoms with Crippen molar-refractivity contribution in [3.8, 4) is 0 Å². The average molecular weight is 235 g/mol. The molecule has 16 heavy (non-hydrogen) atoms. The third-order valence-electron chi connectivity index (χ3n) is 2.56. The fourth-order valence-electron chi connectivity index (χ4n) is 1.60. The predicted molar refractivity (Wildman–Crippen MR) is 55.0 cm³/mol. The number of nitrogens with zero attached hydrogens (tertiary/aromatic N) is 2. The number of hydrogen-bond acceptors (Lipinski definition) is 2. The Kier molecular flexibility index (Phi) is 4.35. The molecule has 0 saturated carbocycles. The summed E-state index contributed by atoms with van der Waals surface area (Å²) in [5, 5.41) is 6.66. The van der Waals surface area contributed by atoms with Crippen molar-refractivity contribution in [3.63, 3.8) is 0 Å². The summed E-state index contributed by atoms with van der Waals surface area (Å²) in [6, 6.07) is 1.29. The van der Waals surface area contributed by atoms with Crippen LogP contribution in [-0.2, 0) is 13.5 Å². The zero-order valence-corrected chi connectivity index (χ0v) is 9.38. The van der Waals surface area contributed by atoms with E-state index in [0.717, 1.165) is 5.69 Å². The van der Waals surface area contributed by atoms with Gasteiger partial charge < -0.3 is 5.32 Å². The van der Waals surface area contributed by atoms with E-state index >= 15 is 0 Å². The number of aryl methyl sites for hydroxylation is 2. The lowest BCUT2D eigenvalue weighted by molar-refractivity contribution is -0.140. The normalized spacial score (nSPS) is 14.1. The van der Waals surface area contributed by atoms with Gasteiger partial charge in [-0.1, -0.05) is 0 Å². The molecule has 1 atom stereocenters. The van der Waals surface area contributed by atoms with Gasteiger partial charge in [0.1, 0.15) is 0 Å². The van der Waals surface area contributed by atoms with Crippen molar-refractivity contribution in [3.05, 3.63) is 18.0 Å². The summed E-state index contributed by atoms with van der Waals surface area (Å²) in [6.45, 7) is 0. The molecule has 1 aromatic rings. The van der Waals surface area contributed by atoms with Crippen molar-refractivity contribution in [1.29, 1.82) is 0 Å². The Balaban J connectivity index is 2.43. The number of alkyl halides is 3. The van der Waals surface area contributed by atoms with Crippen molar-refractivity contribution >= 4 is 0 Å². The van der Waals surface area contributed by atoms with Crippen molar-refractivity contribution in [1.82, 2.24) is 15.1 Å². The van der Waals surface area contributed by atoms with Crippen molar-refractivity contribution in [2.24, 2.45) is 7.05 Å². The molecule has 0 bridgehead atoms. The Morgan fingerprint density at radius 2 is 2.19 bits per heavy atom. The Hall–Kier alpha value is -1.04. The second-order valence-electron chi connectivity index (χ2n) is 3.79. The Bertz CT molecular complexity index is 319.